The van der Waals surface area contributed by atoms with Crippen molar-refractivity contribution >= 4 is 5.78 Å². The smallest absolute Gasteiger partial charge is 0.176 e. The predicted octanol–water partition coefficient (Wildman–Crippen LogP) is 1.79. The molecule has 0 aliphatic heterocycles. The summed E-state index contributed by atoms with van der Waals surface area (Å²) < 4.78 is 13.1. The Kier molecular flexibility index (Phi) is 3.77. The molecule has 76 valence electrons. The van der Waals surface area contributed by atoms with Crippen LogP contribution in [-0.2, 0) is 6.42 Å². The van der Waals surface area contributed by atoms with E-state index in [0.717, 1.165) is 0 Å². The molecule has 0 saturated carbocycles. The number of likely N-dealkylation sites (N-methyl/N-ethyl adjacent to an activating group) is 1. The van der Waals surface area contributed by atoms with Gasteiger partial charge in [-0.25, -0.2) is 4.39 Å². The zero-order valence-corrected chi connectivity index (χ0v) is 8.43. The van der Waals surface area contributed by atoms with E-state index in [2.05, 4.69) is 5.32 Å². The predicted molar refractivity (Wildman–Crippen MR) is 54.0 cm³/mol. The van der Waals surface area contributed by atoms with Gasteiger partial charge in [-0.15, -0.1) is 0 Å². The second kappa shape index (κ2) is 4.86. The van der Waals surface area contributed by atoms with Gasteiger partial charge in [0, 0.05) is 5.56 Å². The highest BCUT2D eigenvalue weighted by Gasteiger charge is 2.07. The lowest BCUT2D eigenvalue weighted by Gasteiger charge is -2.03. The van der Waals surface area contributed by atoms with Crippen LogP contribution in [0.5, 0.6) is 0 Å². The Morgan fingerprint density at radius 2 is 2.21 bits per heavy atom. The summed E-state index contributed by atoms with van der Waals surface area (Å²) in [5.41, 5.74) is 1.16. The minimum absolute atomic E-state index is 0.0119. The Labute approximate surface area is 83.1 Å². The van der Waals surface area contributed by atoms with Crippen LogP contribution in [0.3, 0.4) is 0 Å². The fourth-order valence-corrected chi connectivity index (χ4v) is 1.28. The Morgan fingerprint density at radius 1 is 1.50 bits per heavy atom. The van der Waals surface area contributed by atoms with Gasteiger partial charge in [0.2, 0.25) is 0 Å². The number of ketones is 1. The lowest BCUT2D eigenvalue weighted by atomic mass is 10.1. The molecule has 1 aromatic carbocycles. The van der Waals surface area contributed by atoms with Crippen molar-refractivity contribution in [1.29, 1.82) is 0 Å². The topological polar surface area (TPSA) is 29.1 Å². The van der Waals surface area contributed by atoms with E-state index >= 15 is 0 Å². The van der Waals surface area contributed by atoms with Crippen molar-refractivity contribution in [1.82, 2.24) is 5.32 Å². The van der Waals surface area contributed by atoms with Crippen molar-refractivity contribution < 1.29 is 9.18 Å². The largest absolute Gasteiger partial charge is 0.313 e. The zero-order valence-electron chi connectivity index (χ0n) is 8.43. The SMILES string of the molecule is CCc1cc(C(=O)CNC)ccc1F. The molecule has 0 unspecified atom stereocenters. The van der Waals surface area contributed by atoms with Gasteiger partial charge in [-0.3, -0.25) is 4.79 Å². The van der Waals surface area contributed by atoms with Crippen molar-refractivity contribution in [3.63, 3.8) is 0 Å². The van der Waals surface area contributed by atoms with Crippen LogP contribution in [0.15, 0.2) is 18.2 Å². The summed E-state index contributed by atoms with van der Waals surface area (Å²) in [6, 6.07) is 4.49. The Balaban J connectivity index is 2.94. The molecule has 0 heterocycles. The maximum atomic E-state index is 13.1. The third kappa shape index (κ3) is 2.39. The van der Waals surface area contributed by atoms with E-state index in [9.17, 15) is 9.18 Å². The normalized spacial score (nSPS) is 10.2. The van der Waals surface area contributed by atoms with Crippen LogP contribution >= 0.6 is 0 Å². The van der Waals surface area contributed by atoms with Gasteiger partial charge in [-0.2, -0.15) is 0 Å². The molecule has 2 nitrogen and oxygen atoms in total. The van der Waals surface area contributed by atoms with E-state index in [-0.39, 0.29) is 18.1 Å². The third-order valence-electron chi connectivity index (χ3n) is 2.09. The second-order valence-corrected chi connectivity index (χ2v) is 3.11. The van der Waals surface area contributed by atoms with Gasteiger partial charge in [0.05, 0.1) is 6.54 Å². The first kappa shape index (κ1) is 10.9. The summed E-state index contributed by atoms with van der Waals surface area (Å²) in [6.07, 6.45) is 0.604. The molecule has 3 heteroatoms. The van der Waals surface area contributed by atoms with Gasteiger partial charge < -0.3 is 5.32 Å². The van der Waals surface area contributed by atoms with E-state index in [4.69, 9.17) is 0 Å². The molecule has 0 saturated heterocycles. The molecule has 0 amide bonds. The van der Waals surface area contributed by atoms with E-state index in [1.54, 1.807) is 13.1 Å². The number of nitrogens with one attached hydrogen (secondary N) is 1. The molecule has 0 spiro atoms. The van der Waals surface area contributed by atoms with Gasteiger partial charge in [0.25, 0.3) is 0 Å². The quantitative estimate of drug-likeness (QED) is 0.742. The van der Waals surface area contributed by atoms with Gasteiger partial charge in [0.1, 0.15) is 5.82 Å². The molecule has 1 rings (SSSR count). The summed E-state index contributed by atoms with van der Waals surface area (Å²) in [6.45, 7) is 2.15. The average molecular weight is 195 g/mol. The highest BCUT2D eigenvalue weighted by molar-refractivity contribution is 5.97. The Hall–Kier alpha value is -1.22. The second-order valence-electron chi connectivity index (χ2n) is 3.11. The highest BCUT2D eigenvalue weighted by Crippen LogP contribution is 2.11. The molecule has 0 aromatic heterocycles. The molecular weight excluding hydrogens is 181 g/mol. The number of carbonyl (C=O) groups is 1. The summed E-state index contributed by atoms with van der Waals surface area (Å²) >= 11 is 0. The number of halogens is 1. The lowest BCUT2D eigenvalue weighted by molar-refractivity contribution is 0.0993. The van der Waals surface area contributed by atoms with Crippen molar-refractivity contribution in [2.24, 2.45) is 0 Å². The summed E-state index contributed by atoms with van der Waals surface area (Å²) in [5.74, 6) is -0.254. The number of aryl methyl sites for hydroxylation is 1. The van der Waals surface area contributed by atoms with Crippen molar-refractivity contribution in [2.75, 3.05) is 13.6 Å². The average Bonchev–Trinajstić information content (AvgIpc) is 2.19. The molecule has 0 atom stereocenters. The highest BCUT2D eigenvalue weighted by atomic mass is 19.1. The Morgan fingerprint density at radius 3 is 2.79 bits per heavy atom. The molecule has 1 aromatic rings. The summed E-state index contributed by atoms with van der Waals surface area (Å²) in [5, 5.41) is 2.77. The van der Waals surface area contributed by atoms with Crippen LogP contribution in [0.25, 0.3) is 0 Å². The minimum atomic E-state index is -0.242. The monoisotopic (exact) mass is 195 g/mol. The van der Waals surface area contributed by atoms with E-state index < -0.39 is 0 Å². The molecule has 14 heavy (non-hydrogen) atoms. The number of carbonyl (C=O) groups excluding carboxylic acids is 1. The molecule has 0 aliphatic carbocycles. The number of rotatable bonds is 4. The van der Waals surface area contributed by atoms with Gasteiger partial charge in [0.15, 0.2) is 5.78 Å². The maximum Gasteiger partial charge on any atom is 0.176 e. The lowest BCUT2D eigenvalue weighted by Crippen LogP contribution is -2.18. The maximum absolute atomic E-state index is 13.1. The molecule has 0 fully saturated rings. The van der Waals surface area contributed by atoms with Crippen molar-refractivity contribution in [3.05, 3.63) is 35.1 Å². The van der Waals surface area contributed by atoms with E-state index in [1.165, 1.54) is 12.1 Å². The summed E-state index contributed by atoms with van der Waals surface area (Å²) in [7, 11) is 1.71. The fourth-order valence-electron chi connectivity index (χ4n) is 1.28. The number of benzene rings is 1. The molecular formula is C11H14FNO. The number of hydrogen-bond acceptors (Lipinski definition) is 2. The molecule has 0 aliphatic rings. The number of Topliss-reactive ketones (excluding diaryl/α,β-unsaturated/α-hetero) is 1. The van der Waals surface area contributed by atoms with Gasteiger partial charge in [-0.1, -0.05) is 6.92 Å². The molecule has 0 bridgehead atoms. The molecule has 0 radical (unpaired) electrons. The summed E-state index contributed by atoms with van der Waals surface area (Å²) in [4.78, 5) is 11.4. The van der Waals surface area contributed by atoms with E-state index in [1.807, 2.05) is 6.92 Å². The Bertz CT molecular complexity index is 336. The first-order valence-corrected chi connectivity index (χ1v) is 4.65. The first-order valence-electron chi connectivity index (χ1n) is 4.65. The number of hydrogen-bond donors (Lipinski definition) is 1. The minimum Gasteiger partial charge on any atom is -0.313 e. The van der Waals surface area contributed by atoms with Gasteiger partial charge >= 0.3 is 0 Å². The van der Waals surface area contributed by atoms with Crippen LogP contribution in [0, 0.1) is 5.82 Å². The van der Waals surface area contributed by atoms with Crippen molar-refractivity contribution in [3.8, 4) is 0 Å². The first-order chi connectivity index (χ1) is 6.69. The fraction of sp³-hybridized carbons (Fsp3) is 0.364. The van der Waals surface area contributed by atoms with E-state index in [0.29, 0.717) is 17.5 Å². The van der Waals surface area contributed by atoms with Crippen LogP contribution < -0.4 is 5.32 Å². The van der Waals surface area contributed by atoms with Gasteiger partial charge in [-0.05, 0) is 37.2 Å². The third-order valence-corrected chi connectivity index (χ3v) is 2.09. The zero-order chi connectivity index (χ0) is 10.6. The van der Waals surface area contributed by atoms with Crippen LogP contribution in [0.2, 0.25) is 0 Å². The van der Waals surface area contributed by atoms with Crippen LogP contribution in [0.4, 0.5) is 4.39 Å². The van der Waals surface area contributed by atoms with Crippen LogP contribution in [-0.4, -0.2) is 19.4 Å². The van der Waals surface area contributed by atoms with Crippen molar-refractivity contribution in [2.45, 2.75) is 13.3 Å². The van der Waals surface area contributed by atoms with Crippen LogP contribution in [0.1, 0.15) is 22.8 Å². The standard InChI is InChI=1S/C11H14FNO/c1-3-8-6-9(4-5-10(8)12)11(14)7-13-2/h4-6,13H,3,7H2,1-2H3. The molecule has 1 N–H and O–H groups in total.